The summed E-state index contributed by atoms with van der Waals surface area (Å²) in [6.45, 7) is 1.95. The Morgan fingerprint density at radius 2 is 1.36 bits per heavy atom. The lowest BCUT2D eigenvalue weighted by Gasteiger charge is -2.24. The second-order valence-electron chi connectivity index (χ2n) is 5.97. The predicted octanol–water partition coefficient (Wildman–Crippen LogP) is 4.63. The first kappa shape index (κ1) is 15.7. The smallest absolute Gasteiger partial charge is 0.339 e. The second kappa shape index (κ2) is 5.90. The first-order valence-corrected chi connectivity index (χ1v) is 9.38. The Hall–Kier alpha value is -2.85. The van der Waals surface area contributed by atoms with E-state index < -0.39 is 10.1 Å². The molecular weight excluding hydrogens is 332 g/mol. The molecule has 0 saturated heterocycles. The average molecular weight is 348 g/mol. The van der Waals surface area contributed by atoms with Crippen LogP contribution in [0.3, 0.4) is 0 Å². The summed E-state index contributed by atoms with van der Waals surface area (Å²) in [5.74, 6) is 0.366. The highest BCUT2D eigenvalue weighted by Gasteiger charge is 2.32. The molecule has 0 unspecified atom stereocenters. The fraction of sp³-hybridized carbons (Fsp3) is 0.0476. The standard InChI is InChI=1S/C21H16O3S/c1-15-12-13-19-18(14-15)20(16-8-4-2-5-9-16)21(24-25(19,22)23)17-10-6-3-7-11-17/h2-14H,1H3. The molecule has 0 aliphatic carbocycles. The summed E-state index contributed by atoms with van der Waals surface area (Å²) < 4.78 is 30.9. The number of benzene rings is 3. The molecule has 0 spiro atoms. The van der Waals surface area contributed by atoms with Crippen LogP contribution in [0.4, 0.5) is 0 Å². The van der Waals surface area contributed by atoms with Crippen molar-refractivity contribution in [1.29, 1.82) is 0 Å². The summed E-state index contributed by atoms with van der Waals surface area (Å²) in [6, 6.07) is 24.4. The topological polar surface area (TPSA) is 43.4 Å². The minimum absolute atomic E-state index is 0.205. The molecule has 0 amide bonds. The number of hydrogen-bond acceptors (Lipinski definition) is 3. The fourth-order valence-electron chi connectivity index (χ4n) is 3.05. The molecule has 1 aliphatic rings. The van der Waals surface area contributed by atoms with Gasteiger partial charge < -0.3 is 4.18 Å². The molecule has 0 bridgehead atoms. The van der Waals surface area contributed by atoms with Crippen molar-refractivity contribution in [2.24, 2.45) is 0 Å². The average Bonchev–Trinajstić information content (AvgIpc) is 2.62. The van der Waals surface area contributed by atoms with Gasteiger partial charge in [-0.1, -0.05) is 72.3 Å². The monoisotopic (exact) mass is 348 g/mol. The molecule has 0 fully saturated rings. The Bertz CT molecular complexity index is 1070. The Morgan fingerprint density at radius 3 is 2.00 bits per heavy atom. The molecule has 0 N–H and O–H groups in total. The summed E-state index contributed by atoms with van der Waals surface area (Å²) in [4.78, 5) is 0.205. The lowest BCUT2D eigenvalue weighted by Crippen LogP contribution is -2.16. The van der Waals surface area contributed by atoms with Crippen LogP contribution in [0.15, 0.2) is 83.8 Å². The van der Waals surface area contributed by atoms with Gasteiger partial charge in [-0.15, -0.1) is 0 Å². The SMILES string of the molecule is Cc1ccc2c(c1)C(c1ccccc1)=C(c1ccccc1)OS2(=O)=O. The highest BCUT2D eigenvalue weighted by atomic mass is 32.2. The van der Waals surface area contributed by atoms with Crippen molar-refractivity contribution < 1.29 is 12.6 Å². The zero-order valence-corrected chi connectivity index (χ0v) is 14.5. The van der Waals surface area contributed by atoms with Crippen LogP contribution in [0.2, 0.25) is 0 Å². The summed E-state index contributed by atoms with van der Waals surface area (Å²) >= 11 is 0. The maximum absolute atomic E-state index is 12.7. The highest BCUT2D eigenvalue weighted by molar-refractivity contribution is 7.87. The van der Waals surface area contributed by atoms with Crippen LogP contribution < -0.4 is 0 Å². The van der Waals surface area contributed by atoms with Crippen LogP contribution in [-0.4, -0.2) is 8.42 Å². The van der Waals surface area contributed by atoms with Crippen molar-refractivity contribution >= 4 is 21.5 Å². The summed E-state index contributed by atoms with van der Waals surface area (Å²) in [5.41, 5.74) is 4.12. The Morgan fingerprint density at radius 1 is 0.760 bits per heavy atom. The molecule has 1 heterocycles. The molecule has 124 valence electrons. The lowest BCUT2D eigenvalue weighted by molar-refractivity contribution is 0.460. The minimum atomic E-state index is -3.85. The maximum Gasteiger partial charge on any atom is 0.339 e. The van der Waals surface area contributed by atoms with E-state index in [-0.39, 0.29) is 4.90 Å². The normalized spacial score (nSPS) is 15.4. The van der Waals surface area contributed by atoms with E-state index in [9.17, 15) is 8.42 Å². The van der Waals surface area contributed by atoms with Crippen LogP contribution in [0.5, 0.6) is 0 Å². The molecule has 0 radical (unpaired) electrons. The van der Waals surface area contributed by atoms with E-state index in [1.54, 1.807) is 12.1 Å². The van der Waals surface area contributed by atoms with Gasteiger partial charge in [-0.05, 0) is 24.6 Å². The number of hydrogen-bond donors (Lipinski definition) is 0. The van der Waals surface area contributed by atoms with Crippen LogP contribution in [0, 0.1) is 6.92 Å². The van der Waals surface area contributed by atoms with Crippen LogP contribution in [-0.2, 0) is 14.3 Å². The van der Waals surface area contributed by atoms with E-state index in [0.717, 1.165) is 22.3 Å². The van der Waals surface area contributed by atoms with E-state index in [2.05, 4.69) is 0 Å². The molecule has 3 aromatic rings. The molecule has 4 heteroatoms. The van der Waals surface area contributed by atoms with Crippen molar-refractivity contribution in [3.63, 3.8) is 0 Å². The molecule has 0 saturated carbocycles. The van der Waals surface area contributed by atoms with Gasteiger partial charge in [0, 0.05) is 16.7 Å². The van der Waals surface area contributed by atoms with E-state index in [1.807, 2.05) is 73.7 Å². The van der Waals surface area contributed by atoms with Gasteiger partial charge in [0.2, 0.25) is 0 Å². The zero-order chi connectivity index (χ0) is 17.4. The van der Waals surface area contributed by atoms with Crippen LogP contribution in [0.25, 0.3) is 11.3 Å². The van der Waals surface area contributed by atoms with Gasteiger partial charge in [0.1, 0.15) is 4.90 Å². The Balaban J connectivity index is 2.11. The van der Waals surface area contributed by atoms with Crippen molar-refractivity contribution in [3.8, 4) is 0 Å². The molecule has 3 nitrogen and oxygen atoms in total. The maximum atomic E-state index is 12.7. The second-order valence-corrected chi connectivity index (χ2v) is 7.49. The number of fused-ring (bicyclic) bond motifs is 1. The van der Waals surface area contributed by atoms with E-state index in [4.69, 9.17) is 4.18 Å². The molecule has 25 heavy (non-hydrogen) atoms. The third-order valence-corrected chi connectivity index (χ3v) is 5.47. The van der Waals surface area contributed by atoms with E-state index >= 15 is 0 Å². The largest absolute Gasteiger partial charge is 0.378 e. The summed E-state index contributed by atoms with van der Waals surface area (Å²) in [6.07, 6.45) is 0. The first-order valence-electron chi connectivity index (χ1n) is 7.97. The van der Waals surface area contributed by atoms with Gasteiger partial charge in [0.15, 0.2) is 5.76 Å². The van der Waals surface area contributed by atoms with Crippen molar-refractivity contribution in [3.05, 3.63) is 101 Å². The number of rotatable bonds is 2. The van der Waals surface area contributed by atoms with Gasteiger partial charge >= 0.3 is 10.1 Å². The molecule has 0 aromatic heterocycles. The van der Waals surface area contributed by atoms with Crippen LogP contribution >= 0.6 is 0 Å². The predicted molar refractivity (Wildman–Crippen MR) is 98.2 cm³/mol. The molecular formula is C21H16O3S. The fourth-order valence-corrected chi connectivity index (χ4v) is 4.20. The van der Waals surface area contributed by atoms with Crippen molar-refractivity contribution in [2.45, 2.75) is 11.8 Å². The zero-order valence-electron chi connectivity index (χ0n) is 13.6. The van der Waals surface area contributed by atoms with Gasteiger partial charge in [0.05, 0.1) is 0 Å². The van der Waals surface area contributed by atoms with Crippen molar-refractivity contribution in [2.75, 3.05) is 0 Å². The van der Waals surface area contributed by atoms with Crippen LogP contribution in [0.1, 0.15) is 22.3 Å². The highest BCUT2D eigenvalue weighted by Crippen LogP contribution is 2.42. The molecule has 3 aromatic carbocycles. The molecule has 0 atom stereocenters. The van der Waals surface area contributed by atoms with Gasteiger partial charge in [0.25, 0.3) is 0 Å². The van der Waals surface area contributed by atoms with E-state index in [1.165, 1.54) is 0 Å². The van der Waals surface area contributed by atoms with Gasteiger partial charge in [-0.3, -0.25) is 0 Å². The first-order chi connectivity index (χ1) is 12.1. The molecule has 4 rings (SSSR count). The Labute approximate surface area is 147 Å². The minimum Gasteiger partial charge on any atom is -0.378 e. The van der Waals surface area contributed by atoms with E-state index in [0.29, 0.717) is 11.3 Å². The summed E-state index contributed by atoms with van der Waals surface area (Å²) in [7, 11) is -3.85. The quantitative estimate of drug-likeness (QED) is 0.634. The Kier molecular flexibility index (Phi) is 3.70. The third kappa shape index (κ3) is 2.75. The van der Waals surface area contributed by atoms with Crippen molar-refractivity contribution in [1.82, 2.24) is 0 Å². The summed E-state index contributed by atoms with van der Waals surface area (Å²) in [5, 5.41) is 0. The molecule has 1 aliphatic heterocycles. The van der Waals surface area contributed by atoms with Gasteiger partial charge in [-0.25, -0.2) is 0 Å². The van der Waals surface area contributed by atoms with Gasteiger partial charge in [-0.2, -0.15) is 8.42 Å². The number of aryl methyl sites for hydroxylation is 1. The third-order valence-electron chi connectivity index (χ3n) is 4.19. The lowest BCUT2D eigenvalue weighted by atomic mass is 9.93.